The Morgan fingerprint density at radius 2 is 1.83 bits per heavy atom. The van der Waals surface area contributed by atoms with Gasteiger partial charge in [0, 0.05) is 18.7 Å². The minimum atomic E-state index is -0.541. The molecule has 2 rings (SSSR count). The van der Waals surface area contributed by atoms with Crippen molar-refractivity contribution in [1.82, 2.24) is 4.90 Å². The highest BCUT2D eigenvalue weighted by molar-refractivity contribution is 5.18. The molecule has 1 saturated heterocycles. The van der Waals surface area contributed by atoms with E-state index in [9.17, 15) is 13.9 Å². The van der Waals surface area contributed by atoms with E-state index in [0.29, 0.717) is 12.1 Å². The van der Waals surface area contributed by atoms with Crippen molar-refractivity contribution in [1.29, 1.82) is 0 Å². The monoisotopic (exact) mass is 255 g/mol. The van der Waals surface area contributed by atoms with Crippen LogP contribution in [-0.4, -0.2) is 29.2 Å². The number of halogens is 2. The molecular formula is C14H19F2NO. The van der Waals surface area contributed by atoms with Crippen molar-refractivity contribution in [2.45, 2.75) is 38.3 Å². The van der Waals surface area contributed by atoms with E-state index in [-0.39, 0.29) is 12.6 Å². The van der Waals surface area contributed by atoms with Crippen molar-refractivity contribution in [3.05, 3.63) is 35.4 Å². The van der Waals surface area contributed by atoms with Crippen LogP contribution in [0, 0.1) is 11.6 Å². The number of aliphatic hydroxyl groups excluding tert-OH is 1. The van der Waals surface area contributed by atoms with Crippen molar-refractivity contribution in [3.8, 4) is 0 Å². The SMILES string of the molecule is OCC1CCCCCN1Cc1cc(F)cc(F)c1. The Hall–Kier alpha value is -1.00. The van der Waals surface area contributed by atoms with Gasteiger partial charge in [-0.25, -0.2) is 8.78 Å². The van der Waals surface area contributed by atoms with Crippen LogP contribution in [-0.2, 0) is 6.54 Å². The van der Waals surface area contributed by atoms with Gasteiger partial charge in [0.05, 0.1) is 6.61 Å². The Morgan fingerprint density at radius 3 is 2.50 bits per heavy atom. The highest BCUT2D eigenvalue weighted by Crippen LogP contribution is 2.19. The number of hydrogen-bond donors (Lipinski definition) is 1. The zero-order chi connectivity index (χ0) is 13.0. The predicted molar refractivity (Wildman–Crippen MR) is 66.1 cm³/mol. The van der Waals surface area contributed by atoms with Crippen molar-refractivity contribution < 1.29 is 13.9 Å². The minimum Gasteiger partial charge on any atom is -0.395 e. The molecule has 1 unspecified atom stereocenters. The Balaban J connectivity index is 2.09. The molecule has 1 atom stereocenters. The average Bonchev–Trinajstić information content (AvgIpc) is 2.52. The molecule has 0 spiro atoms. The zero-order valence-corrected chi connectivity index (χ0v) is 10.4. The lowest BCUT2D eigenvalue weighted by molar-refractivity contribution is 0.118. The molecule has 1 N–H and O–H groups in total. The third-order valence-electron chi connectivity index (χ3n) is 3.52. The van der Waals surface area contributed by atoms with Gasteiger partial charge in [0.1, 0.15) is 11.6 Å². The molecule has 0 bridgehead atoms. The molecule has 0 amide bonds. The van der Waals surface area contributed by atoms with Crippen molar-refractivity contribution in [2.75, 3.05) is 13.2 Å². The molecule has 18 heavy (non-hydrogen) atoms. The van der Waals surface area contributed by atoms with Gasteiger partial charge in [0.2, 0.25) is 0 Å². The van der Waals surface area contributed by atoms with Crippen LogP contribution >= 0.6 is 0 Å². The summed E-state index contributed by atoms with van der Waals surface area (Å²) < 4.78 is 26.3. The molecule has 1 aromatic carbocycles. The van der Waals surface area contributed by atoms with Crippen molar-refractivity contribution in [3.63, 3.8) is 0 Å². The summed E-state index contributed by atoms with van der Waals surface area (Å²) in [7, 11) is 0. The maximum Gasteiger partial charge on any atom is 0.126 e. The molecule has 0 saturated carbocycles. The van der Waals surface area contributed by atoms with E-state index < -0.39 is 11.6 Å². The summed E-state index contributed by atoms with van der Waals surface area (Å²) in [6.07, 6.45) is 4.30. The molecule has 1 aliphatic heterocycles. The number of aliphatic hydroxyl groups is 1. The van der Waals surface area contributed by atoms with Crippen LogP contribution < -0.4 is 0 Å². The first-order chi connectivity index (χ1) is 8.69. The van der Waals surface area contributed by atoms with E-state index in [1.807, 2.05) is 0 Å². The van der Waals surface area contributed by atoms with Crippen LogP contribution in [0.1, 0.15) is 31.2 Å². The van der Waals surface area contributed by atoms with Crippen LogP contribution in [0.15, 0.2) is 18.2 Å². The first-order valence-corrected chi connectivity index (χ1v) is 6.49. The van der Waals surface area contributed by atoms with Gasteiger partial charge in [-0.2, -0.15) is 0 Å². The Kier molecular flexibility index (Phi) is 4.66. The first kappa shape index (κ1) is 13.4. The standard InChI is InChI=1S/C14H19F2NO/c15-12-6-11(7-13(16)8-12)9-17-5-3-1-2-4-14(17)10-18/h6-8,14,18H,1-5,9-10H2. The van der Waals surface area contributed by atoms with Gasteiger partial charge in [-0.1, -0.05) is 12.8 Å². The summed E-state index contributed by atoms with van der Waals surface area (Å²) in [5.74, 6) is -1.08. The van der Waals surface area contributed by atoms with Crippen LogP contribution in [0.2, 0.25) is 0 Å². The molecule has 1 aliphatic rings. The summed E-state index contributed by atoms with van der Waals surface area (Å²) in [5, 5.41) is 9.38. The number of benzene rings is 1. The van der Waals surface area contributed by atoms with Crippen LogP contribution in [0.5, 0.6) is 0 Å². The fourth-order valence-electron chi connectivity index (χ4n) is 2.59. The lowest BCUT2D eigenvalue weighted by Gasteiger charge is -2.28. The Bertz CT molecular complexity index is 377. The molecule has 4 heteroatoms. The van der Waals surface area contributed by atoms with E-state index in [2.05, 4.69) is 4.90 Å². The van der Waals surface area contributed by atoms with Gasteiger partial charge in [-0.3, -0.25) is 4.90 Å². The van der Waals surface area contributed by atoms with E-state index in [4.69, 9.17) is 0 Å². The first-order valence-electron chi connectivity index (χ1n) is 6.49. The zero-order valence-electron chi connectivity index (χ0n) is 10.4. The smallest absolute Gasteiger partial charge is 0.126 e. The second-order valence-corrected chi connectivity index (χ2v) is 4.93. The summed E-state index contributed by atoms with van der Waals surface area (Å²) in [4.78, 5) is 2.13. The lowest BCUT2D eigenvalue weighted by atomic mass is 10.1. The topological polar surface area (TPSA) is 23.5 Å². The third-order valence-corrected chi connectivity index (χ3v) is 3.52. The maximum absolute atomic E-state index is 13.1. The largest absolute Gasteiger partial charge is 0.395 e. The normalized spacial score (nSPS) is 21.8. The summed E-state index contributed by atoms with van der Waals surface area (Å²) in [6.45, 7) is 1.49. The molecular weight excluding hydrogens is 236 g/mol. The number of nitrogens with zero attached hydrogens (tertiary/aromatic N) is 1. The Labute approximate surface area is 106 Å². The lowest BCUT2D eigenvalue weighted by Crippen LogP contribution is -2.36. The minimum absolute atomic E-state index is 0.109. The summed E-state index contributed by atoms with van der Waals surface area (Å²) in [5.41, 5.74) is 0.632. The average molecular weight is 255 g/mol. The number of rotatable bonds is 3. The van der Waals surface area contributed by atoms with Gasteiger partial charge in [-0.05, 0) is 37.1 Å². The molecule has 0 aromatic heterocycles. The maximum atomic E-state index is 13.1. The van der Waals surface area contributed by atoms with E-state index >= 15 is 0 Å². The van der Waals surface area contributed by atoms with E-state index in [1.54, 1.807) is 0 Å². The third kappa shape index (κ3) is 3.50. The molecule has 0 radical (unpaired) electrons. The van der Waals surface area contributed by atoms with Gasteiger partial charge >= 0.3 is 0 Å². The number of hydrogen-bond acceptors (Lipinski definition) is 2. The number of likely N-dealkylation sites (tertiary alicyclic amines) is 1. The van der Waals surface area contributed by atoms with E-state index in [0.717, 1.165) is 38.3 Å². The van der Waals surface area contributed by atoms with Crippen LogP contribution in [0.3, 0.4) is 0 Å². The quantitative estimate of drug-likeness (QED) is 0.897. The second kappa shape index (κ2) is 6.25. The van der Waals surface area contributed by atoms with Gasteiger partial charge in [0.25, 0.3) is 0 Å². The molecule has 2 nitrogen and oxygen atoms in total. The fourth-order valence-corrected chi connectivity index (χ4v) is 2.59. The summed E-state index contributed by atoms with van der Waals surface area (Å²) >= 11 is 0. The van der Waals surface area contributed by atoms with Crippen LogP contribution in [0.25, 0.3) is 0 Å². The highest BCUT2D eigenvalue weighted by Gasteiger charge is 2.20. The van der Waals surface area contributed by atoms with Crippen molar-refractivity contribution in [2.24, 2.45) is 0 Å². The highest BCUT2D eigenvalue weighted by atomic mass is 19.1. The summed E-state index contributed by atoms with van der Waals surface area (Å²) in [6, 6.07) is 3.72. The van der Waals surface area contributed by atoms with Gasteiger partial charge in [0.15, 0.2) is 0 Å². The van der Waals surface area contributed by atoms with Crippen LogP contribution in [0.4, 0.5) is 8.78 Å². The van der Waals surface area contributed by atoms with E-state index in [1.165, 1.54) is 12.1 Å². The van der Waals surface area contributed by atoms with Gasteiger partial charge in [-0.15, -0.1) is 0 Å². The molecule has 1 heterocycles. The fraction of sp³-hybridized carbons (Fsp3) is 0.571. The molecule has 1 aromatic rings. The predicted octanol–water partition coefficient (Wildman–Crippen LogP) is 2.70. The molecule has 0 aliphatic carbocycles. The Morgan fingerprint density at radius 1 is 1.11 bits per heavy atom. The van der Waals surface area contributed by atoms with Crippen molar-refractivity contribution >= 4 is 0 Å². The second-order valence-electron chi connectivity index (χ2n) is 4.93. The molecule has 100 valence electrons. The van der Waals surface area contributed by atoms with Gasteiger partial charge < -0.3 is 5.11 Å². The molecule has 1 fully saturated rings.